The van der Waals surface area contributed by atoms with Crippen molar-refractivity contribution in [3.05, 3.63) is 39.8 Å². The number of hydrogen-bond acceptors (Lipinski definition) is 5. The van der Waals surface area contributed by atoms with E-state index < -0.39 is 0 Å². The number of rotatable bonds is 5. The molecular formula is C13H14N4OS2. The van der Waals surface area contributed by atoms with Gasteiger partial charge in [-0.1, -0.05) is 35.2 Å². The zero-order valence-electron chi connectivity index (χ0n) is 11.0. The average Bonchev–Trinajstić information content (AvgIpc) is 2.98. The third kappa shape index (κ3) is 2.78. The number of H-pyrrole nitrogens is 1. The molecule has 0 amide bonds. The summed E-state index contributed by atoms with van der Waals surface area (Å²) in [7, 11) is 0. The second-order valence-corrected chi connectivity index (χ2v) is 6.91. The third-order valence-electron chi connectivity index (χ3n) is 2.94. The van der Waals surface area contributed by atoms with Crippen LogP contribution in [0.1, 0.15) is 11.4 Å². The van der Waals surface area contributed by atoms with Crippen molar-refractivity contribution in [3.63, 3.8) is 0 Å². The van der Waals surface area contributed by atoms with E-state index in [-0.39, 0.29) is 5.69 Å². The van der Waals surface area contributed by atoms with Crippen LogP contribution in [0.5, 0.6) is 0 Å². The van der Waals surface area contributed by atoms with Gasteiger partial charge in [-0.2, -0.15) is 0 Å². The fraction of sp³-hybridized carbons (Fsp3) is 0.308. The second kappa shape index (κ2) is 5.80. The molecule has 0 spiro atoms. The number of thioether (sulfide) groups is 1. The van der Waals surface area contributed by atoms with Crippen molar-refractivity contribution >= 4 is 34.1 Å². The number of imidazole rings is 1. The van der Waals surface area contributed by atoms with E-state index >= 15 is 0 Å². The Labute approximate surface area is 124 Å². The molecule has 0 unspecified atom stereocenters. The van der Waals surface area contributed by atoms with E-state index in [9.17, 15) is 4.79 Å². The molecule has 0 saturated heterocycles. The highest BCUT2D eigenvalue weighted by molar-refractivity contribution is 8.01. The molecule has 0 fully saturated rings. The predicted molar refractivity (Wildman–Crippen MR) is 82.5 cm³/mol. The first kappa shape index (κ1) is 13.4. The highest BCUT2D eigenvalue weighted by Gasteiger charge is 2.06. The largest absolute Gasteiger partial charge is 0.326 e. The van der Waals surface area contributed by atoms with Gasteiger partial charge in [-0.25, -0.2) is 4.79 Å². The maximum Gasteiger partial charge on any atom is 0.326 e. The van der Waals surface area contributed by atoms with Gasteiger partial charge in [0.1, 0.15) is 5.01 Å². The van der Waals surface area contributed by atoms with Gasteiger partial charge in [0, 0.05) is 12.3 Å². The highest BCUT2D eigenvalue weighted by atomic mass is 32.2. The van der Waals surface area contributed by atoms with Gasteiger partial charge >= 0.3 is 5.69 Å². The monoisotopic (exact) mass is 306 g/mol. The zero-order chi connectivity index (χ0) is 13.9. The summed E-state index contributed by atoms with van der Waals surface area (Å²) in [6.45, 7) is 2.67. The smallest absolute Gasteiger partial charge is 0.306 e. The summed E-state index contributed by atoms with van der Waals surface area (Å²) in [5, 5.41) is 9.05. The number of fused-ring (bicyclic) bond motifs is 1. The van der Waals surface area contributed by atoms with Gasteiger partial charge in [0.15, 0.2) is 4.34 Å². The number of nitrogens with one attached hydrogen (secondary N) is 1. The molecule has 3 rings (SSSR count). The predicted octanol–water partition coefficient (Wildman–Crippen LogP) is 2.67. The van der Waals surface area contributed by atoms with Gasteiger partial charge in [-0.3, -0.25) is 4.57 Å². The number of aromatic amines is 1. The molecular weight excluding hydrogens is 292 g/mol. The number of nitrogens with zero attached hydrogens (tertiary/aromatic N) is 3. The molecule has 1 aromatic carbocycles. The molecule has 104 valence electrons. The van der Waals surface area contributed by atoms with Crippen LogP contribution >= 0.6 is 23.1 Å². The Morgan fingerprint density at radius 2 is 2.20 bits per heavy atom. The fourth-order valence-electron chi connectivity index (χ4n) is 2.05. The molecule has 5 nitrogen and oxygen atoms in total. The van der Waals surface area contributed by atoms with Crippen molar-refractivity contribution in [1.82, 2.24) is 19.7 Å². The Bertz CT molecular complexity index is 774. The molecule has 2 aromatic heterocycles. The lowest BCUT2D eigenvalue weighted by molar-refractivity contribution is 0.679. The Morgan fingerprint density at radius 3 is 3.00 bits per heavy atom. The van der Waals surface area contributed by atoms with Gasteiger partial charge in [-0.15, -0.1) is 10.2 Å². The Morgan fingerprint density at radius 1 is 1.35 bits per heavy atom. The molecule has 0 aliphatic rings. The average molecular weight is 306 g/mol. The minimum atomic E-state index is -0.0389. The van der Waals surface area contributed by atoms with Crippen LogP contribution in [0.25, 0.3) is 11.0 Å². The zero-order valence-corrected chi connectivity index (χ0v) is 12.6. The van der Waals surface area contributed by atoms with E-state index in [0.717, 1.165) is 32.6 Å². The van der Waals surface area contributed by atoms with Crippen LogP contribution in [0.3, 0.4) is 0 Å². The van der Waals surface area contributed by atoms with Crippen LogP contribution in [0.4, 0.5) is 0 Å². The van der Waals surface area contributed by atoms with Crippen LogP contribution in [-0.4, -0.2) is 25.5 Å². The lowest BCUT2D eigenvalue weighted by Gasteiger charge is -2.02. The topological polar surface area (TPSA) is 63.6 Å². The third-order valence-corrected chi connectivity index (χ3v) is 5.00. The SMILES string of the molecule is Cc1nnc(SCCCn2c(=O)[nH]c3ccccc32)s1. The molecule has 0 atom stereocenters. The van der Waals surface area contributed by atoms with Crippen molar-refractivity contribution in [2.24, 2.45) is 0 Å². The van der Waals surface area contributed by atoms with Crippen LogP contribution in [0.2, 0.25) is 0 Å². The standard InChI is InChI=1S/C13H14N4OS2/c1-9-15-16-13(20-9)19-8-4-7-17-11-6-3-2-5-10(11)14-12(17)18/h2-3,5-6H,4,7-8H2,1H3,(H,14,18). The van der Waals surface area contributed by atoms with E-state index in [2.05, 4.69) is 15.2 Å². The Kier molecular flexibility index (Phi) is 3.88. The second-order valence-electron chi connectivity index (χ2n) is 4.39. The Balaban J connectivity index is 1.62. The lowest BCUT2D eigenvalue weighted by atomic mass is 10.3. The van der Waals surface area contributed by atoms with Crippen LogP contribution in [0.15, 0.2) is 33.4 Å². The first-order chi connectivity index (χ1) is 9.74. The molecule has 20 heavy (non-hydrogen) atoms. The van der Waals surface area contributed by atoms with Gasteiger partial charge in [0.05, 0.1) is 11.0 Å². The van der Waals surface area contributed by atoms with Crippen molar-refractivity contribution in [2.45, 2.75) is 24.2 Å². The van der Waals surface area contributed by atoms with Crippen molar-refractivity contribution in [3.8, 4) is 0 Å². The van der Waals surface area contributed by atoms with Crippen LogP contribution < -0.4 is 5.69 Å². The van der Waals surface area contributed by atoms with Gasteiger partial charge in [-0.05, 0) is 25.5 Å². The summed E-state index contributed by atoms with van der Waals surface area (Å²) in [4.78, 5) is 14.8. The van der Waals surface area contributed by atoms with Gasteiger partial charge in [0.25, 0.3) is 0 Å². The maximum absolute atomic E-state index is 11.9. The molecule has 1 N–H and O–H groups in total. The van der Waals surface area contributed by atoms with Gasteiger partial charge < -0.3 is 4.98 Å². The number of benzene rings is 1. The van der Waals surface area contributed by atoms with E-state index in [0.29, 0.717) is 6.54 Å². The molecule has 0 bridgehead atoms. The normalized spacial score (nSPS) is 11.2. The molecule has 0 radical (unpaired) electrons. The molecule has 7 heteroatoms. The molecule has 0 aliphatic carbocycles. The number of aryl methyl sites for hydroxylation is 2. The van der Waals surface area contributed by atoms with Crippen molar-refractivity contribution < 1.29 is 0 Å². The minimum Gasteiger partial charge on any atom is -0.306 e. The Hall–Kier alpha value is -1.60. The first-order valence-corrected chi connectivity index (χ1v) is 8.15. The van der Waals surface area contributed by atoms with E-state index in [4.69, 9.17) is 0 Å². The molecule has 2 heterocycles. The summed E-state index contributed by atoms with van der Waals surface area (Å²) in [6.07, 6.45) is 0.922. The quantitative estimate of drug-likeness (QED) is 0.581. The van der Waals surface area contributed by atoms with E-state index in [1.807, 2.05) is 31.2 Å². The summed E-state index contributed by atoms with van der Waals surface area (Å²) >= 11 is 3.30. The summed E-state index contributed by atoms with van der Waals surface area (Å²) in [5.74, 6) is 0.931. The first-order valence-electron chi connectivity index (χ1n) is 6.34. The maximum atomic E-state index is 11.9. The summed E-state index contributed by atoms with van der Waals surface area (Å²) in [6, 6.07) is 7.77. The van der Waals surface area contributed by atoms with Crippen LogP contribution in [0, 0.1) is 6.92 Å². The number of hydrogen-bond donors (Lipinski definition) is 1. The lowest BCUT2D eigenvalue weighted by Crippen LogP contribution is -2.17. The summed E-state index contributed by atoms with van der Waals surface area (Å²) in [5.41, 5.74) is 1.82. The van der Waals surface area contributed by atoms with Gasteiger partial charge in [0.2, 0.25) is 0 Å². The van der Waals surface area contributed by atoms with E-state index in [1.165, 1.54) is 0 Å². The summed E-state index contributed by atoms with van der Waals surface area (Å²) < 4.78 is 2.79. The molecule has 3 aromatic rings. The minimum absolute atomic E-state index is 0.0389. The van der Waals surface area contributed by atoms with E-state index in [1.54, 1.807) is 27.7 Å². The fourth-order valence-corrected chi connectivity index (χ4v) is 3.86. The van der Waals surface area contributed by atoms with Crippen molar-refractivity contribution in [2.75, 3.05) is 5.75 Å². The highest BCUT2D eigenvalue weighted by Crippen LogP contribution is 2.22. The van der Waals surface area contributed by atoms with Crippen molar-refractivity contribution in [1.29, 1.82) is 0 Å². The number of aromatic nitrogens is 4. The van der Waals surface area contributed by atoms with Crippen LogP contribution in [-0.2, 0) is 6.54 Å². The number of para-hydroxylation sites is 2. The molecule has 0 saturated carbocycles. The molecule has 0 aliphatic heterocycles.